The van der Waals surface area contributed by atoms with Crippen molar-refractivity contribution in [1.82, 2.24) is 15.3 Å². The first kappa shape index (κ1) is 20.5. The number of carbonyl (C=O) groups is 1. The van der Waals surface area contributed by atoms with E-state index in [1.165, 1.54) is 0 Å². The fraction of sp³-hybridized carbons (Fsp3) is 0.261. The summed E-state index contributed by atoms with van der Waals surface area (Å²) in [5, 5.41) is 3.45. The van der Waals surface area contributed by atoms with E-state index in [4.69, 9.17) is 10.5 Å². The van der Waals surface area contributed by atoms with Crippen molar-refractivity contribution in [2.45, 2.75) is 24.8 Å². The Hall–Kier alpha value is -3.25. The van der Waals surface area contributed by atoms with Crippen LogP contribution in [0.15, 0.2) is 73.3 Å². The predicted octanol–water partition coefficient (Wildman–Crippen LogP) is 2.63. The van der Waals surface area contributed by atoms with E-state index in [-0.39, 0.29) is 0 Å². The molecule has 0 spiro atoms. The highest BCUT2D eigenvalue weighted by Crippen LogP contribution is 2.29. The highest BCUT2D eigenvalue weighted by atomic mass is 16.5. The van der Waals surface area contributed by atoms with Gasteiger partial charge in [-0.2, -0.15) is 0 Å². The van der Waals surface area contributed by atoms with Crippen molar-refractivity contribution >= 4 is 5.91 Å². The second-order valence-corrected chi connectivity index (χ2v) is 6.89. The lowest BCUT2D eigenvalue weighted by atomic mass is 9.83. The topological polar surface area (TPSA) is 90.1 Å². The third-order valence-electron chi connectivity index (χ3n) is 5.10. The van der Waals surface area contributed by atoms with Crippen LogP contribution in [-0.4, -0.2) is 29.5 Å². The number of nitrogens with one attached hydrogen (secondary N) is 1. The summed E-state index contributed by atoms with van der Waals surface area (Å²) in [6.45, 7) is 0.594. The Morgan fingerprint density at radius 3 is 2.38 bits per heavy atom. The first-order valence-electron chi connectivity index (χ1n) is 9.61. The van der Waals surface area contributed by atoms with Gasteiger partial charge in [0.15, 0.2) is 0 Å². The second-order valence-electron chi connectivity index (χ2n) is 6.89. The van der Waals surface area contributed by atoms with Gasteiger partial charge < -0.3 is 10.5 Å². The molecule has 0 aliphatic rings. The first-order valence-corrected chi connectivity index (χ1v) is 9.61. The fourth-order valence-electron chi connectivity index (χ4n) is 3.41. The van der Waals surface area contributed by atoms with Crippen LogP contribution in [0, 0.1) is 0 Å². The summed E-state index contributed by atoms with van der Waals surface area (Å²) in [5.41, 5.74) is 8.00. The number of benzene rings is 1. The number of hydrogen-bond acceptors (Lipinski definition) is 5. The first-order chi connectivity index (χ1) is 14.1. The van der Waals surface area contributed by atoms with Crippen LogP contribution < -0.4 is 15.8 Å². The molecule has 29 heavy (non-hydrogen) atoms. The van der Waals surface area contributed by atoms with Crippen LogP contribution in [0.4, 0.5) is 0 Å². The highest BCUT2D eigenvalue weighted by molar-refractivity contribution is 5.86. The van der Waals surface area contributed by atoms with Gasteiger partial charge in [0.1, 0.15) is 11.3 Å². The molecular weight excluding hydrogens is 364 g/mol. The number of pyridine rings is 2. The molecule has 0 saturated carbocycles. The number of nitrogens with two attached hydrogens (primary N) is 1. The Balaban J connectivity index is 1.84. The van der Waals surface area contributed by atoms with E-state index < -0.39 is 11.4 Å². The lowest BCUT2D eigenvalue weighted by Gasteiger charge is -2.33. The van der Waals surface area contributed by atoms with Gasteiger partial charge in [-0.15, -0.1) is 0 Å². The molecule has 6 nitrogen and oxygen atoms in total. The fourth-order valence-corrected chi connectivity index (χ4v) is 3.41. The minimum atomic E-state index is -0.988. The van der Waals surface area contributed by atoms with E-state index in [2.05, 4.69) is 15.3 Å². The summed E-state index contributed by atoms with van der Waals surface area (Å²) in [6, 6.07) is 15.3. The number of aromatic nitrogens is 2. The molecule has 2 aromatic heterocycles. The number of ether oxygens (including phenoxy) is 1. The maximum absolute atomic E-state index is 12.7. The second kappa shape index (κ2) is 9.80. The molecule has 0 aliphatic heterocycles. The molecule has 0 saturated heterocycles. The molecule has 0 fully saturated rings. The summed E-state index contributed by atoms with van der Waals surface area (Å²) in [7, 11) is 1.62. The number of amides is 1. The monoisotopic (exact) mass is 390 g/mol. The molecule has 6 heteroatoms. The van der Waals surface area contributed by atoms with Crippen molar-refractivity contribution in [3.63, 3.8) is 0 Å². The average molecular weight is 390 g/mol. The minimum Gasteiger partial charge on any atom is -0.497 e. The normalized spacial score (nSPS) is 12.9. The van der Waals surface area contributed by atoms with Crippen molar-refractivity contribution in [3.05, 3.63) is 90.0 Å². The number of nitrogens with zero attached hydrogens (tertiary/aromatic N) is 2. The number of rotatable bonds is 10. The zero-order valence-electron chi connectivity index (χ0n) is 16.5. The molecule has 3 aromatic rings. The molecule has 1 atom stereocenters. The van der Waals surface area contributed by atoms with Gasteiger partial charge in [-0.1, -0.05) is 18.2 Å². The summed E-state index contributed by atoms with van der Waals surface area (Å²) < 4.78 is 5.26. The molecule has 0 aliphatic carbocycles. The lowest BCUT2D eigenvalue weighted by Crippen LogP contribution is -2.53. The quantitative estimate of drug-likeness (QED) is 0.555. The molecular formula is C23H26N4O2. The van der Waals surface area contributed by atoms with Crippen molar-refractivity contribution in [2.24, 2.45) is 5.73 Å². The third-order valence-corrected chi connectivity index (χ3v) is 5.10. The van der Waals surface area contributed by atoms with E-state index in [0.717, 1.165) is 28.9 Å². The molecule has 1 aromatic carbocycles. The predicted molar refractivity (Wildman–Crippen MR) is 112 cm³/mol. The van der Waals surface area contributed by atoms with Gasteiger partial charge in [-0.25, -0.2) is 0 Å². The zero-order chi connectivity index (χ0) is 20.5. The number of aryl methyl sites for hydroxylation is 1. The zero-order valence-corrected chi connectivity index (χ0v) is 16.5. The van der Waals surface area contributed by atoms with Crippen LogP contribution in [-0.2, 0) is 23.2 Å². The molecule has 2 heterocycles. The van der Waals surface area contributed by atoms with Crippen LogP contribution in [0.2, 0.25) is 0 Å². The number of hydrogen-bond donors (Lipinski definition) is 2. The van der Waals surface area contributed by atoms with Crippen LogP contribution in [0.5, 0.6) is 5.75 Å². The van der Waals surface area contributed by atoms with E-state index in [9.17, 15) is 4.79 Å². The average Bonchev–Trinajstić information content (AvgIpc) is 2.77. The summed E-state index contributed by atoms with van der Waals surface area (Å²) >= 11 is 0. The Labute approximate surface area is 171 Å². The van der Waals surface area contributed by atoms with Gasteiger partial charge in [0.05, 0.1) is 7.11 Å². The maximum Gasteiger partial charge on any atom is 0.242 e. The third kappa shape index (κ3) is 5.18. The van der Waals surface area contributed by atoms with Gasteiger partial charge in [0.25, 0.3) is 0 Å². The number of carbonyl (C=O) groups excluding carboxylic acids is 1. The van der Waals surface area contributed by atoms with E-state index in [0.29, 0.717) is 19.4 Å². The Bertz CT molecular complexity index is 901. The van der Waals surface area contributed by atoms with Gasteiger partial charge in [0.2, 0.25) is 5.91 Å². The van der Waals surface area contributed by atoms with Crippen LogP contribution >= 0.6 is 0 Å². The summed E-state index contributed by atoms with van der Waals surface area (Å²) in [5.74, 6) is 0.333. The van der Waals surface area contributed by atoms with Gasteiger partial charge >= 0.3 is 0 Å². The summed E-state index contributed by atoms with van der Waals surface area (Å²) in [6.07, 6.45) is 9.06. The minimum absolute atomic E-state index is 0.400. The number of primary amides is 1. The smallest absolute Gasteiger partial charge is 0.242 e. The standard InChI is InChI=1S/C23H26N4O2/c1-29-21-6-4-20(5-7-21)23(22(24)28,12-8-18-9-14-25-15-10-18)27-16-11-19-3-2-13-26-17-19/h2-7,9-10,13-15,17,27H,8,11-12,16H2,1H3,(H2,24,28). The molecule has 3 rings (SSSR count). The number of methoxy groups -OCH3 is 1. The Kier molecular flexibility index (Phi) is 6.92. The molecule has 3 N–H and O–H groups in total. The van der Waals surface area contributed by atoms with E-state index in [1.807, 2.05) is 54.7 Å². The van der Waals surface area contributed by atoms with Gasteiger partial charge in [-0.3, -0.25) is 20.1 Å². The highest BCUT2D eigenvalue weighted by Gasteiger charge is 2.37. The molecule has 0 radical (unpaired) electrons. The lowest BCUT2D eigenvalue weighted by molar-refractivity contribution is -0.125. The van der Waals surface area contributed by atoms with Crippen molar-refractivity contribution in [2.75, 3.05) is 13.7 Å². The van der Waals surface area contributed by atoms with E-state index in [1.54, 1.807) is 25.7 Å². The SMILES string of the molecule is COc1ccc(C(CCc2ccncc2)(NCCc2cccnc2)C(N)=O)cc1. The maximum atomic E-state index is 12.7. The Morgan fingerprint density at radius 2 is 1.76 bits per heavy atom. The molecule has 150 valence electrons. The van der Waals surface area contributed by atoms with Crippen LogP contribution in [0.1, 0.15) is 23.1 Å². The largest absolute Gasteiger partial charge is 0.497 e. The van der Waals surface area contributed by atoms with Crippen LogP contribution in [0.25, 0.3) is 0 Å². The van der Waals surface area contributed by atoms with Gasteiger partial charge in [-0.05, 0) is 66.3 Å². The molecule has 1 amide bonds. The molecule has 1 unspecified atom stereocenters. The molecule has 0 bridgehead atoms. The van der Waals surface area contributed by atoms with Crippen molar-refractivity contribution < 1.29 is 9.53 Å². The van der Waals surface area contributed by atoms with Crippen LogP contribution in [0.3, 0.4) is 0 Å². The Morgan fingerprint density at radius 1 is 1.00 bits per heavy atom. The summed E-state index contributed by atoms with van der Waals surface area (Å²) in [4.78, 5) is 21.0. The van der Waals surface area contributed by atoms with Crippen molar-refractivity contribution in [1.29, 1.82) is 0 Å². The van der Waals surface area contributed by atoms with E-state index >= 15 is 0 Å². The van der Waals surface area contributed by atoms with Crippen molar-refractivity contribution in [3.8, 4) is 5.75 Å². The van der Waals surface area contributed by atoms with Gasteiger partial charge in [0, 0.05) is 31.3 Å².